The summed E-state index contributed by atoms with van der Waals surface area (Å²) in [6.45, 7) is 3.06. The SMILES string of the molecule is Cc1cccc(-n2c(-c3ccccc3)nc3ccc(OCCCCCCO)cc32)c1. The van der Waals surface area contributed by atoms with Gasteiger partial charge in [-0.3, -0.25) is 4.57 Å². The molecule has 0 aliphatic rings. The summed E-state index contributed by atoms with van der Waals surface area (Å²) in [6, 6.07) is 24.9. The summed E-state index contributed by atoms with van der Waals surface area (Å²) in [5.74, 6) is 1.79. The summed E-state index contributed by atoms with van der Waals surface area (Å²) in [7, 11) is 0. The van der Waals surface area contributed by atoms with Gasteiger partial charge in [-0.25, -0.2) is 4.98 Å². The van der Waals surface area contributed by atoms with E-state index in [1.54, 1.807) is 0 Å². The highest BCUT2D eigenvalue weighted by atomic mass is 16.5. The van der Waals surface area contributed by atoms with Gasteiger partial charge in [-0.15, -0.1) is 0 Å². The largest absolute Gasteiger partial charge is 0.494 e. The van der Waals surface area contributed by atoms with Gasteiger partial charge >= 0.3 is 0 Å². The van der Waals surface area contributed by atoms with E-state index < -0.39 is 0 Å². The first kappa shape index (κ1) is 20.2. The fourth-order valence-corrected chi connectivity index (χ4v) is 3.71. The van der Waals surface area contributed by atoms with Crippen LogP contribution in [0.4, 0.5) is 0 Å². The molecule has 4 aromatic rings. The number of benzene rings is 3. The maximum Gasteiger partial charge on any atom is 0.145 e. The Labute approximate surface area is 177 Å². The number of rotatable bonds is 9. The number of aromatic nitrogens is 2. The lowest BCUT2D eigenvalue weighted by Crippen LogP contribution is -1.99. The van der Waals surface area contributed by atoms with Crippen LogP contribution in [0.1, 0.15) is 31.2 Å². The predicted molar refractivity (Wildman–Crippen MR) is 122 cm³/mol. The average molecular weight is 401 g/mol. The molecule has 0 fully saturated rings. The summed E-state index contributed by atoms with van der Waals surface area (Å²) in [5, 5.41) is 8.88. The Morgan fingerprint density at radius 1 is 0.867 bits per heavy atom. The Hall–Kier alpha value is -3.11. The molecule has 3 aromatic carbocycles. The Kier molecular flexibility index (Phi) is 6.45. The number of aryl methyl sites for hydroxylation is 1. The standard InChI is InChI=1S/C26H28N2O2/c1-20-10-9-13-22(18-20)28-25-19-23(30-17-8-3-2-7-16-29)14-15-24(25)27-26(28)21-11-5-4-6-12-21/h4-6,9-15,18-19,29H,2-3,7-8,16-17H2,1H3. The first-order valence-electron chi connectivity index (χ1n) is 10.6. The van der Waals surface area contributed by atoms with E-state index >= 15 is 0 Å². The molecule has 0 unspecified atom stereocenters. The molecule has 0 saturated carbocycles. The molecule has 0 aliphatic carbocycles. The van der Waals surface area contributed by atoms with Crippen LogP contribution in [0.15, 0.2) is 72.8 Å². The highest BCUT2D eigenvalue weighted by Gasteiger charge is 2.15. The predicted octanol–water partition coefficient (Wildman–Crippen LogP) is 5.93. The number of aliphatic hydroxyl groups is 1. The van der Waals surface area contributed by atoms with Crippen molar-refractivity contribution in [1.29, 1.82) is 0 Å². The number of ether oxygens (including phenoxy) is 1. The van der Waals surface area contributed by atoms with Gasteiger partial charge in [0.25, 0.3) is 0 Å². The van der Waals surface area contributed by atoms with Crippen LogP contribution >= 0.6 is 0 Å². The fraction of sp³-hybridized carbons (Fsp3) is 0.269. The van der Waals surface area contributed by atoms with Crippen molar-refractivity contribution in [1.82, 2.24) is 9.55 Å². The van der Waals surface area contributed by atoms with E-state index in [0.29, 0.717) is 6.61 Å². The van der Waals surface area contributed by atoms with E-state index in [9.17, 15) is 0 Å². The molecule has 0 radical (unpaired) electrons. The van der Waals surface area contributed by atoms with E-state index in [1.807, 2.05) is 30.3 Å². The number of hydrogen-bond acceptors (Lipinski definition) is 3. The summed E-state index contributed by atoms with van der Waals surface area (Å²) < 4.78 is 8.23. The van der Waals surface area contributed by atoms with Crippen LogP contribution in [-0.2, 0) is 0 Å². The Morgan fingerprint density at radius 3 is 2.50 bits per heavy atom. The van der Waals surface area contributed by atoms with Crippen molar-refractivity contribution in [3.05, 3.63) is 78.4 Å². The third-order valence-corrected chi connectivity index (χ3v) is 5.24. The summed E-state index contributed by atoms with van der Waals surface area (Å²) in [5.41, 5.74) is 5.38. The number of aliphatic hydroxyl groups excluding tert-OH is 1. The van der Waals surface area contributed by atoms with Crippen LogP contribution in [-0.4, -0.2) is 27.9 Å². The van der Waals surface area contributed by atoms with Gasteiger partial charge < -0.3 is 9.84 Å². The van der Waals surface area contributed by atoms with Crippen molar-refractivity contribution in [2.24, 2.45) is 0 Å². The van der Waals surface area contributed by atoms with Gasteiger partial charge in [-0.05, 0) is 56.0 Å². The third-order valence-electron chi connectivity index (χ3n) is 5.24. The molecule has 0 bridgehead atoms. The van der Waals surface area contributed by atoms with Crippen molar-refractivity contribution < 1.29 is 9.84 Å². The Morgan fingerprint density at radius 2 is 1.70 bits per heavy atom. The zero-order valence-corrected chi connectivity index (χ0v) is 17.4. The van der Waals surface area contributed by atoms with Gasteiger partial charge in [-0.2, -0.15) is 0 Å². The van der Waals surface area contributed by atoms with Gasteiger partial charge in [0.15, 0.2) is 0 Å². The Balaban J connectivity index is 1.69. The smallest absolute Gasteiger partial charge is 0.145 e. The molecule has 1 heterocycles. The summed E-state index contributed by atoms with van der Waals surface area (Å²) in [6.07, 6.45) is 3.97. The van der Waals surface area contributed by atoms with Crippen LogP contribution in [0, 0.1) is 6.92 Å². The highest BCUT2D eigenvalue weighted by molar-refractivity contribution is 5.84. The van der Waals surface area contributed by atoms with Crippen LogP contribution in [0.5, 0.6) is 5.75 Å². The zero-order valence-electron chi connectivity index (χ0n) is 17.4. The lowest BCUT2D eigenvalue weighted by Gasteiger charge is -2.11. The molecule has 154 valence electrons. The molecule has 1 aromatic heterocycles. The number of nitrogens with zero attached hydrogens (tertiary/aromatic N) is 2. The molecule has 0 atom stereocenters. The van der Waals surface area contributed by atoms with Crippen LogP contribution < -0.4 is 4.74 Å². The highest BCUT2D eigenvalue weighted by Crippen LogP contribution is 2.31. The monoisotopic (exact) mass is 400 g/mol. The normalized spacial score (nSPS) is 11.1. The topological polar surface area (TPSA) is 47.3 Å². The molecule has 0 spiro atoms. The Bertz CT molecular complexity index is 1100. The summed E-state index contributed by atoms with van der Waals surface area (Å²) >= 11 is 0. The molecular weight excluding hydrogens is 372 g/mol. The van der Waals surface area contributed by atoms with Gasteiger partial charge in [-0.1, -0.05) is 48.9 Å². The second-order valence-corrected chi connectivity index (χ2v) is 7.61. The van der Waals surface area contributed by atoms with Gasteiger partial charge in [0.2, 0.25) is 0 Å². The second-order valence-electron chi connectivity index (χ2n) is 7.61. The quantitative estimate of drug-likeness (QED) is 0.354. The summed E-state index contributed by atoms with van der Waals surface area (Å²) in [4.78, 5) is 4.94. The minimum atomic E-state index is 0.268. The molecule has 4 nitrogen and oxygen atoms in total. The number of hydrogen-bond donors (Lipinski definition) is 1. The van der Waals surface area contributed by atoms with E-state index in [0.717, 1.165) is 59.5 Å². The maximum atomic E-state index is 8.88. The van der Waals surface area contributed by atoms with Crippen LogP contribution in [0.3, 0.4) is 0 Å². The van der Waals surface area contributed by atoms with E-state index in [2.05, 4.69) is 54.0 Å². The molecule has 0 aliphatic heterocycles. The van der Waals surface area contributed by atoms with Crippen LogP contribution in [0.25, 0.3) is 28.1 Å². The molecule has 0 saturated heterocycles. The van der Waals surface area contributed by atoms with Crippen LogP contribution in [0.2, 0.25) is 0 Å². The lowest BCUT2D eigenvalue weighted by molar-refractivity contribution is 0.273. The van der Waals surface area contributed by atoms with Gasteiger partial charge in [0.1, 0.15) is 11.6 Å². The van der Waals surface area contributed by atoms with Crippen molar-refractivity contribution in [2.45, 2.75) is 32.6 Å². The minimum absolute atomic E-state index is 0.268. The van der Waals surface area contributed by atoms with Crippen molar-refractivity contribution in [3.8, 4) is 22.8 Å². The third kappa shape index (κ3) is 4.55. The number of fused-ring (bicyclic) bond motifs is 1. The van der Waals surface area contributed by atoms with E-state index in [4.69, 9.17) is 14.8 Å². The van der Waals surface area contributed by atoms with Crippen molar-refractivity contribution >= 4 is 11.0 Å². The zero-order chi connectivity index (χ0) is 20.8. The maximum absolute atomic E-state index is 8.88. The number of imidazole rings is 1. The van der Waals surface area contributed by atoms with Gasteiger partial charge in [0.05, 0.1) is 17.6 Å². The molecule has 30 heavy (non-hydrogen) atoms. The molecular formula is C26H28N2O2. The van der Waals surface area contributed by atoms with E-state index in [-0.39, 0.29) is 6.61 Å². The first-order valence-corrected chi connectivity index (χ1v) is 10.6. The molecule has 4 heteroatoms. The molecule has 1 N–H and O–H groups in total. The minimum Gasteiger partial charge on any atom is -0.494 e. The molecule has 4 rings (SSSR count). The van der Waals surface area contributed by atoms with E-state index in [1.165, 1.54) is 5.56 Å². The first-order chi connectivity index (χ1) is 14.8. The average Bonchev–Trinajstić information content (AvgIpc) is 3.15. The lowest BCUT2D eigenvalue weighted by atomic mass is 10.2. The fourth-order valence-electron chi connectivity index (χ4n) is 3.71. The van der Waals surface area contributed by atoms with Gasteiger partial charge in [0, 0.05) is 23.9 Å². The molecule has 0 amide bonds. The number of unbranched alkanes of at least 4 members (excludes halogenated alkanes) is 3. The van der Waals surface area contributed by atoms with Crippen molar-refractivity contribution in [3.63, 3.8) is 0 Å². The van der Waals surface area contributed by atoms with Crippen molar-refractivity contribution in [2.75, 3.05) is 13.2 Å². The second kappa shape index (κ2) is 9.59.